The first kappa shape index (κ1) is 10.7. The Hall–Kier alpha value is -0.790. The van der Waals surface area contributed by atoms with E-state index in [1.165, 1.54) is 16.7 Å². The summed E-state index contributed by atoms with van der Waals surface area (Å²) in [7, 11) is 0. The summed E-state index contributed by atoms with van der Waals surface area (Å²) in [4.78, 5) is 24.0. The Labute approximate surface area is 90.4 Å². The number of aliphatic hydroxyl groups is 1. The molecule has 15 heavy (non-hydrogen) atoms. The van der Waals surface area contributed by atoms with E-state index in [1.807, 2.05) is 0 Å². The third kappa shape index (κ3) is 1.27. The highest BCUT2D eigenvalue weighted by Gasteiger charge is 2.60. The molecule has 0 aliphatic carbocycles. The molecule has 2 heterocycles. The van der Waals surface area contributed by atoms with Crippen molar-refractivity contribution in [2.24, 2.45) is 11.7 Å². The third-order valence-corrected chi connectivity index (χ3v) is 4.69. The van der Waals surface area contributed by atoms with Crippen molar-refractivity contribution in [1.82, 2.24) is 4.90 Å². The van der Waals surface area contributed by atoms with Crippen LogP contribution in [0.2, 0.25) is 0 Å². The largest absolute Gasteiger partial charge is 0.480 e. The van der Waals surface area contributed by atoms with E-state index >= 15 is 0 Å². The number of carbonyl (C=O) groups is 2. The van der Waals surface area contributed by atoms with Gasteiger partial charge >= 0.3 is 5.97 Å². The van der Waals surface area contributed by atoms with Gasteiger partial charge in [0.2, 0.25) is 5.91 Å². The number of carboxylic acids is 1. The molecule has 0 bridgehead atoms. The Morgan fingerprint density at radius 2 is 2.40 bits per heavy atom. The lowest BCUT2D eigenvalue weighted by Gasteiger charge is -2.40. The summed E-state index contributed by atoms with van der Waals surface area (Å²) >= 11 is 1.17. The topological polar surface area (TPSA) is 104 Å². The molecule has 0 radical (unpaired) electrons. The van der Waals surface area contributed by atoms with E-state index in [0.717, 1.165) is 0 Å². The van der Waals surface area contributed by atoms with Crippen LogP contribution in [0.15, 0.2) is 0 Å². The van der Waals surface area contributed by atoms with Crippen molar-refractivity contribution < 1.29 is 19.8 Å². The fourth-order valence-corrected chi connectivity index (χ4v) is 3.48. The number of nitrogens with zero attached hydrogens (tertiary/aromatic N) is 1. The molecular weight excluding hydrogens is 220 g/mol. The molecule has 3 atom stereocenters. The van der Waals surface area contributed by atoms with E-state index in [2.05, 4.69) is 0 Å². The first-order valence-electron chi connectivity index (χ1n) is 4.58. The summed E-state index contributed by atoms with van der Waals surface area (Å²) in [5, 5.41) is 17.8. The van der Waals surface area contributed by atoms with Gasteiger partial charge in [0.1, 0.15) is 4.75 Å². The number of fused-ring (bicyclic) bond motifs is 1. The number of aliphatic carboxylic acids is 1. The smallest absolute Gasteiger partial charge is 0.323 e. The summed E-state index contributed by atoms with van der Waals surface area (Å²) in [5.74, 6) is -1.62. The molecular formula is C8H12N2O4S. The molecule has 1 unspecified atom stereocenters. The number of thioether (sulfide) groups is 1. The van der Waals surface area contributed by atoms with Crippen LogP contribution >= 0.6 is 11.8 Å². The Balaban J connectivity index is 2.18. The normalized spacial score (nSPS) is 38.8. The van der Waals surface area contributed by atoms with Gasteiger partial charge in [0.05, 0.1) is 17.9 Å². The number of hydrogen-bond acceptors (Lipinski definition) is 5. The van der Waals surface area contributed by atoms with Crippen molar-refractivity contribution in [3.63, 3.8) is 0 Å². The lowest BCUT2D eigenvalue weighted by atomic mass is 9.97. The van der Waals surface area contributed by atoms with Gasteiger partial charge in [-0.1, -0.05) is 0 Å². The molecule has 2 aliphatic rings. The Kier molecular flexibility index (Phi) is 2.40. The van der Waals surface area contributed by atoms with Gasteiger partial charge in [-0.3, -0.25) is 9.59 Å². The second kappa shape index (κ2) is 3.36. The number of aliphatic hydroxyl groups excluding tert-OH is 1. The number of rotatable bonds is 3. The zero-order chi connectivity index (χ0) is 11.2. The minimum Gasteiger partial charge on any atom is -0.480 e. The van der Waals surface area contributed by atoms with Gasteiger partial charge in [-0.05, 0) is 0 Å². The highest BCUT2D eigenvalue weighted by atomic mass is 32.2. The quantitative estimate of drug-likeness (QED) is 0.501. The summed E-state index contributed by atoms with van der Waals surface area (Å²) in [6, 6.07) is 0. The maximum absolute atomic E-state index is 11.4. The van der Waals surface area contributed by atoms with Gasteiger partial charge in [0.15, 0.2) is 0 Å². The minimum absolute atomic E-state index is 0.00850. The van der Waals surface area contributed by atoms with E-state index in [4.69, 9.17) is 15.9 Å². The van der Waals surface area contributed by atoms with Crippen LogP contribution in [0.25, 0.3) is 0 Å². The zero-order valence-corrected chi connectivity index (χ0v) is 8.74. The van der Waals surface area contributed by atoms with Crippen LogP contribution in [0.3, 0.4) is 0 Å². The van der Waals surface area contributed by atoms with Gasteiger partial charge in [0.25, 0.3) is 0 Å². The molecule has 0 saturated carbocycles. The summed E-state index contributed by atoms with van der Waals surface area (Å²) < 4.78 is -1.09. The summed E-state index contributed by atoms with van der Waals surface area (Å²) in [6.45, 7) is -0.0950. The molecule has 1 amide bonds. The highest BCUT2D eigenvalue weighted by molar-refractivity contribution is 8.02. The van der Waals surface area contributed by atoms with Crippen LogP contribution in [-0.2, 0) is 9.59 Å². The molecule has 0 spiro atoms. The molecule has 7 heteroatoms. The van der Waals surface area contributed by atoms with Crippen molar-refractivity contribution >= 4 is 23.6 Å². The lowest BCUT2D eigenvalue weighted by Crippen LogP contribution is -2.58. The van der Waals surface area contributed by atoms with E-state index in [-0.39, 0.29) is 31.0 Å². The summed E-state index contributed by atoms with van der Waals surface area (Å²) in [6.07, 6.45) is 0. The van der Waals surface area contributed by atoms with Gasteiger partial charge in [-0.25, -0.2) is 0 Å². The lowest BCUT2D eigenvalue weighted by molar-refractivity contribution is -0.152. The second-order valence-electron chi connectivity index (χ2n) is 3.77. The van der Waals surface area contributed by atoms with Crippen molar-refractivity contribution in [2.75, 3.05) is 19.7 Å². The van der Waals surface area contributed by atoms with Crippen molar-refractivity contribution in [3.05, 3.63) is 0 Å². The SMILES string of the molecule is NCC1(C(=O)O)CN2C(=O)[C@H](CO)[C@H]2S1. The number of carboxylic acid groups (broad SMARTS) is 1. The van der Waals surface area contributed by atoms with Crippen LogP contribution in [0.5, 0.6) is 0 Å². The van der Waals surface area contributed by atoms with E-state index in [9.17, 15) is 9.59 Å². The van der Waals surface area contributed by atoms with Crippen LogP contribution in [0, 0.1) is 5.92 Å². The van der Waals surface area contributed by atoms with Crippen LogP contribution in [0.4, 0.5) is 0 Å². The second-order valence-corrected chi connectivity index (χ2v) is 5.27. The van der Waals surface area contributed by atoms with Crippen molar-refractivity contribution in [3.8, 4) is 0 Å². The van der Waals surface area contributed by atoms with Crippen LogP contribution in [0.1, 0.15) is 0 Å². The predicted octanol–water partition coefficient (Wildman–Crippen LogP) is -1.71. The summed E-state index contributed by atoms with van der Waals surface area (Å²) in [5.41, 5.74) is 5.45. The number of nitrogens with two attached hydrogens (primary N) is 1. The fraction of sp³-hybridized carbons (Fsp3) is 0.750. The number of carbonyl (C=O) groups excluding carboxylic acids is 1. The van der Waals surface area contributed by atoms with Crippen molar-refractivity contribution in [2.45, 2.75) is 10.1 Å². The van der Waals surface area contributed by atoms with Crippen LogP contribution in [-0.4, -0.2) is 56.8 Å². The van der Waals surface area contributed by atoms with Gasteiger partial charge in [-0.2, -0.15) is 0 Å². The van der Waals surface area contributed by atoms with E-state index in [1.54, 1.807) is 0 Å². The van der Waals surface area contributed by atoms with Gasteiger partial charge < -0.3 is 20.8 Å². The number of β-lactam (4-membered cyclic amide) rings is 1. The molecule has 0 aromatic heterocycles. The van der Waals surface area contributed by atoms with Crippen LogP contribution < -0.4 is 5.73 Å². The maximum atomic E-state index is 11.4. The predicted molar refractivity (Wildman–Crippen MR) is 53.1 cm³/mol. The van der Waals surface area contributed by atoms with E-state index < -0.39 is 16.6 Å². The Morgan fingerprint density at radius 1 is 1.73 bits per heavy atom. The van der Waals surface area contributed by atoms with Crippen molar-refractivity contribution in [1.29, 1.82) is 0 Å². The monoisotopic (exact) mass is 232 g/mol. The average Bonchev–Trinajstić information content (AvgIpc) is 2.56. The zero-order valence-electron chi connectivity index (χ0n) is 7.92. The molecule has 2 aliphatic heterocycles. The average molecular weight is 232 g/mol. The molecule has 4 N–H and O–H groups in total. The fourth-order valence-electron chi connectivity index (χ4n) is 1.94. The standard InChI is InChI=1S/C8H12N2O4S/c9-2-8(7(13)14)3-10-5(12)4(1-11)6(10)15-8/h4,6,11H,1-3,9H2,(H,13,14)/t4-,6+,8?/m0/s1. The minimum atomic E-state index is -1.09. The molecule has 2 fully saturated rings. The number of amides is 1. The molecule has 2 rings (SSSR count). The van der Waals surface area contributed by atoms with Gasteiger partial charge in [0, 0.05) is 13.1 Å². The Bertz CT molecular complexity index is 324. The molecule has 84 valence electrons. The molecule has 2 saturated heterocycles. The molecule has 0 aromatic rings. The van der Waals surface area contributed by atoms with E-state index in [0.29, 0.717) is 0 Å². The highest BCUT2D eigenvalue weighted by Crippen LogP contribution is 2.49. The Morgan fingerprint density at radius 3 is 2.87 bits per heavy atom. The third-order valence-electron chi connectivity index (χ3n) is 2.94. The first-order chi connectivity index (χ1) is 7.05. The van der Waals surface area contributed by atoms with Gasteiger partial charge in [-0.15, -0.1) is 11.8 Å². The molecule has 0 aromatic carbocycles. The molecule has 6 nitrogen and oxygen atoms in total. The maximum Gasteiger partial charge on any atom is 0.323 e. The number of hydrogen-bond donors (Lipinski definition) is 3. The first-order valence-corrected chi connectivity index (χ1v) is 5.46.